The quantitative estimate of drug-likeness (QED) is 0.811. The van der Waals surface area contributed by atoms with Gasteiger partial charge in [0.25, 0.3) is 0 Å². The molecule has 1 rings (SSSR count). The summed E-state index contributed by atoms with van der Waals surface area (Å²) in [6.07, 6.45) is 1.88. The molecule has 1 aromatic rings. The maximum absolute atomic E-state index is 11.9. The van der Waals surface area contributed by atoms with E-state index in [1.165, 1.54) is 7.11 Å². The van der Waals surface area contributed by atoms with E-state index in [9.17, 15) is 4.79 Å². The zero-order valence-corrected chi connectivity index (χ0v) is 12.7. The second-order valence-electron chi connectivity index (χ2n) is 4.23. The van der Waals surface area contributed by atoms with Crippen LogP contribution >= 0.6 is 15.9 Å². The maximum atomic E-state index is 11.9. The van der Waals surface area contributed by atoms with Gasteiger partial charge in [0.15, 0.2) is 0 Å². The monoisotopic (exact) mass is 313 g/mol. The molecular formula is C14H20BrNO2. The number of hydrogen-bond acceptors (Lipinski definition) is 3. The zero-order valence-electron chi connectivity index (χ0n) is 11.1. The van der Waals surface area contributed by atoms with E-state index in [-0.39, 0.29) is 17.9 Å². The van der Waals surface area contributed by atoms with Crippen LogP contribution in [-0.2, 0) is 9.53 Å². The second kappa shape index (κ2) is 7.41. The van der Waals surface area contributed by atoms with Gasteiger partial charge in [0, 0.05) is 10.2 Å². The van der Waals surface area contributed by atoms with Crippen molar-refractivity contribution in [2.24, 2.45) is 5.92 Å². The Labute approximate surface area is 117 Å². The molecule has 1 unspecified atom stereocenters. The summed E-state index contributed by atoms with van der Waals surface area (Å²) in [7, 11) is 1.43. The summed E-state index contributed by atoms with van der Waals surface area (Å²) in [5.74, 6) is 0.0695. The Morgan fingerprint density at radius 1 is 1.39 bits per heavy atom. The summed E-state index contributed by atoms with van der Waals surface area (Å²) in [4.78, 5) is 11.9. The average Bonchev–Trinajstić information content (AvgIpc) is 2.38. The van der Waals surface area contributed by atoms with Gasteiger partial charge in [-0.25, -0.2) is 4.79 Å². The average molecular weight is 314 g/mol. The fraction of sp³-hybridized carbons (Fsp3) is 0.500. The molecule has 1 aromatic carbocycles. The van der Waals surface area contributed by atoms with E-state index in [0.717, 1.165) is 23.0 Å². The summed E-state index contributed by atoms with van der Waals surface area (Å²) in [6.45, 7) is 4.18. The molecule has 0 fully saturated rings. The topological polar surface area (TPSA) is 38.3 Å². The van der Waals surface area contributed by atoms with Crippen molar-refractivity contribution in [2.45, 2.75) is 32.7 Å². The molecular weight excluding hydrogens is 294 g/mol. The second-order valence-corrected chi connectivity index (χ2v) is 5.15. The van der Waals surface area contributed by atoms with Crippen LogP contribution in [0.3, 0.4) is 0 Å². The standard InChI is InChI=1S/C14H20BrNO2/c1-4-10(5-2)13(14(17)18-3)16-12-8-6-7-11(15)9-12/h6-10,13,16H,4-5H2,1-3H3. The SMILES string of the molecule is CCC(CC)C(Nc1cccc(Br)c1)C(=O)OC. The van der Waals surface area contributed by atoms with Crippen LogP contribution in [0, 0.1) is 5.92 Å². The third-order valence-corrected chi connectivity index (χ3v) is 3.62. The molecule has 4 heteroatoms. The van der Waals surface area contributed by atoms with E-state index < -0.39 is 0 Å². The lowest BCUT2D eigenvalue weighted by Gasteiger charge is -2.25. The normalized spacial score (nSPS) is 12.3. The Morgan fingerprint density at radius 3 is 2.56 bits per heavy atom. The summed E-state index contributed by atoms with van der Waals surface area (Å²) >= 11 is 3.42. The molecule has 1 N–H and O–H groups in total. The van der Waals surface area contributed by atoms with Gasteiger partial charge in [-0.2, -0.15) is 0 Å². The van der Waals surface area contributed by atoms with E-state index in [1.54, 1.807) is 0 Å². The highest BCUT2D eigenvalue weighted by molar-refractivity contribution is 9.10. The third-order valence-electron chi connectivity index (χ3n) is 3.12. The molecule has 3 nitrogen and oxygen atoms in total. The van der Waals surface area contributed by atoms with Gasteiger partial charge < -0.3 is 10.1 Å². The molecule has 0 aliphatic heterocycles. The van der Waals surface area contributed by atoms with Gasteiger partial charge in [0.05, 0.1) is 7.11 Å². The molecule has 0 saturated heterocycles. The van der Waals surface area contributed by atoms with Crippen molar-refractivity contribution in [1.29, 1.82) is 0 Å². The number of carbonyl (C=O) groups is 1. The Bertz CT molecular complexity index is 391. The number of benzene rings is 1. The van der Waals surface area contributed by atoms with Gasteiger partial charge >= 0.3 is 5.97 Å². The maximum Gasteiger partial charge on any atom is 0.328 e. The molecule has 0 heterocycles. The summed E-state index contributed by atoms with van der Waals surface area (Å²) in [6, 6.07) is 7.50. The Balaban J connectivity index is 2.87. The number of carbonyl (C=O) groups excluding carboxylic acids is 1. The molecule has 0 aliphatic carbocycles. The van der Waals surface area contributed by atoms with Crippen molar-refractivity contribution in [2.75, 3.05) is 12.4 Å². The number of nitrogens with one attached hydrogen (secondary N) is 1. The van der Waals surface area contributed by atoms with E-state index in [4.69, 9.17) is 4.74 Å². The van der Waals surface area contributed by atoms with Crippen molar-refractivity contribution >= 4 is 27.6 Å². The Hall–Kier alpha value is -1.03. The molecule has 0 aromatic heterocycles. The van der Waals surface area contributed by atoms with Crippen molar-refractivity contribution in [1.82, 2.24) is 0 Å². The van der Waals surface area contributed by atoms with Gasteiger partial charge in [0.1, 0.15) is 6.04 Å². The predicted molar refractivity (Wildman–Crippen MR) is 77.6 cm³/mol. The van der Waals surface area contributed by atoms with Gasteiger partial charge in [-0.15, -0.1) is 0 Å². The number of hydrogen-bond donors (Lipinski definition) is 1. The van der Waals surface area contributed by atoms with Crippen LogP contribution in [0.4, 0.5) is 5.69 Å². The van der Waals surface area contributed by atoms with E-state index in [2.05, 4.69) is 35.1 Å². The van der Waals surface area contributed by atoms with E-state index in [1.807, 2.05) is 24.3 Å². The third kappa shape index (κ3) is 4.02. The smallest absolute Gasteiger partial charge is 0.328 e. The largest absolute Gasteiger partial charge is 0.467 e. The van der Waals surface area contributed by atoms with Crippen molar-refractivity contribution in [3.05, 3.63) is 28.7 Å². The summed E-state index contributed by atoms with van der Waals surface area (Å²) < 4.78 is 5.87. The van der Waals surface area contributed by atoms with Crippen molar-refractivity contribution in [3.63, 3.8) is 0 Å². The first kappa shape index (κ1) is 15.0. The van der Waals surface area contributed by atoms with E-state index in [0.29, 0.717) is 0 Å². The Morgan fingerprint density at radius 2 is 2.06 bits per heavy atom. The van der Waals surface area contributed by atoms with Crippen LogP contribution in [0.2, 0.25) is 0 Å². The highest BCUT2D eigenvalue weighted by Gasteiger charge is 2.26. The number of esters is 1. The number of anilines is 1. The van der Waals surface area contributed by atoms with Crippen LogP contribution in [0.5, 0.6) is 0 Å². The number of halogens is 1. The first-order valence-corrected chi connectivity index (χ1v) is 7.01. The number of ether oxygens (including phenoxy) is 1. The van der Waals surface area contributed by atoms with Crippen LogP contribution in [-0.4, -0.2) is 19.1 Å². The molecule has 1 atom stereocenters. The summed E-state index contributed by atoms with van der Waals surface area (Å²) in [5, 5.41) is 3.27. The first-order chi connectivity index (χ1) is 8.62. The molecule has 18 heavy (non-hydrogen) atoms. The minimum absolute atomic E-state index is 0.205. The van der Waals surface area contributed by atoms with Crippen molar-refractivity contribution in [3.8, 4) is 0 Å². The number of rotatable bonds is 6. The molecule has 0 radical (unpaired) electrons. The van der Waals surface area contributed by atoms with E-state index >= 15 is 0 Å². The molecule has 0 bridgehead atoms. The fourth-order valence-corrected chi connectivity index (χ4v) is 2.41. The van der Waals surface area contributed by atoms with Crippen LogP contribution in [0.1, 0.15) is 26.7 Å². The molecule has 0 amide bonds. The Kier molecular flexibility index (Phi) is 6.19. The van der Waals surface area contributed by atoms with Gasteiger partial charge in [-0.1, -0.05) is 48.7 Å². The molecule has 100 valence electrons. The zero-order chi connectivity index (χ0) is 13.5. The fourth-order valence-electron chi connectivity index (χ4n) is 2.01. The van der Waals surface area contributed by atoms with Gasteiger partial charge in [-0.05, 0) is 24.1 Å². The lowest BCUT2D eigenvalue weighted by atomic mass is 9.94. The van der Waals surface area contributed by atoms with Crippen LogP contribution < -0.4 is 5.32 Å². The van der Waals surface area contributed by atoms with Gasteiger partial charge in [-0.3, -0.25) is 0 Å². The lowest BCUT2D eigenvalue weighted by molar-refractivity contribution is -0.142. The summed E-state index contributed by atoms with van der Waals surface area (Å²) in [5.41, 5.74) is 0.923. The lowest BCUT2D eigenvalue weighted by Crippen LogP contribution is -2.37. The minimum Gasteiger partial charge on any atom is -0.467 e. The highest BCUT2D eigenvalue weighted by atomic mass is 79.9. The van der Waals surface area contributed by atoms with Crippen molar-refractivity contribution < 1.29 is 9.53 Å². The van der Waals surface area contributed by atoms with Crippen LogP contribution in [0.15, 0.2) is 28.7 Å². The predicted octanol–water partition coefficient (Wildman–Crippen LogP) is 3.84. The highest BCUT2D eigenvalue weighted by Crippen LogP contribution is 2.21. The molecule has 0 saturated carbocycles. The van der Waals surface area contributed by atoms with Gasteiger partial charge in [0.2, 0.25) is 0 Å². The first-order valence-electron chi connectivity index (χ1n) is 6.22. The minimum atomic E-state index is -0.292. The molecule has 0 aliphatic rings. The molecule has 0 spiro atoms. The van der Waals surface area contributed by atoms with Crippen LogP contribution in [0.25, 0.3) is 0 Å². The number of methoxy groups -OCH3 is 1.